The topological polar surface area (TPSA) is 96.2 Å². The van der Waals surface area contributed by atoms with Crippen molar-refractivity contribution in [1.29, 1.82) is 0 Å². The molecular formula is C22H20N4O3. The molecule has 2 amide bonds. The maximum absolute atomic E-state index is 12.6. The monoisotopic (exact) mass is 388 g/mol. The molecule has 0 fully saturated rings. The number of nitrogens with zero attached hydrogens (tertiary/aromatic N) is 2. The zero-order valence-corrected chi connectivity index (χ0v) is 15.6. The summed E-state index contributed by atoms with van der Waals surface area (Å²) in [6.07, 6.45) is 5.96. The first kappa shape index (κ1) is 18.5. The van der Waals surface area contributed by atoms with E-state index in [2.05, 4.69) is 15.6 Å². The fraction of sp³-hybridized carbons (Fsp3) is 0.136. The van der Waals surface area contributed by atoms with E-state index in [0.29, 0.717) is 12.1 Å². The Bertz CT molecular complexity index is 1040. The average molecular weight is 388 g/mol. The van der Waals surface area contributed by atoms with E-state index in [1.165, 1.54) is 0 Å². The number of aromatic nitrogens is 2. The van der Waals surface area contributed by atoms with Crippen molar-refractivity contribution in [2.75, 3.05) is 5.32 Å². The lowest BCUT2D eigenvalue weighted by Gasteiger charge is -2.25. The number of amides is 2. The summed E-state index contributed by atoms with van der Waals surface area (Å²) in [6.45, 7) is 0. The molecular weight excluding hydrogens is 368 g/mol. The van der Waals surface area contributed by atoms with E-state index in [9.17, 15) is 14.7 Å². The van der Waals surface area contributed by atoms with Gasteiger partial charge in [0.25, 0.3) is 11.8 Å². The Kier molecular flexibility index (Phi) is 5.11. The maximum atomic E-state index is 12.6. The van der Waals surface area contributed by atoms with Gasteiger partial charge < -0.3 is 20.3 Å². The Labute approximate surface area is 167 Å². The van der Waals surface area contributed by atoms with Crippen LogP contribution in [0.15, 0.2) is 84.7 Å². The van der Waals surface area contributed by atoms with Crippen molar-refractivity contribution in [3.63, 3.8) is 0 Å². The van der Waals surface area contributed by atoms with Crippen molar-refractivity contribution in [2.24, 2.45) is 0 Å². The summed E-state index contributed by atoms with van der Waals surface area (Å²) in [6, 6.07) is 16.5. The van der Waals surface area contributed by atoms with Crippen LogP contribution >= 0.6 is 0 Å². The lowest BCUT2D eigenvalue weighted by atomic mass is 9.96. The lowest BCUT2D eigenvalue weighted by molar-refractivity contribution is -0.122. The Morgan fingerprint density at radius 2 is 1.93 bits per heavy atom. The number of rotatable bonds is 5. The molecule has 7 heteroatoms. The molecule has 0 bridgehead atoms. The number of nitrogens with one attached hydrogen (secondary N) is 2. The van der Waals surface area contributed by atoms with Gasteiger partial charge in [0.15, 0.2) is 0 Å². The third-order valence-corrected chi connectivity index (χ3v) is 4.77. The van der Waals surface area contributed by atoms with Gasteiger partial charge in [0.2, 0.25) is 0 Å². The van der Waals surface area contributed by atoms with E-state index in [-0.39, 0.29) is 23.8 Å². The predicted octanol–water partition coefficient (Wildman–Crippen LogP) is 2.75. The van der Waals surface area contributed by atoms with Crippen molar-refractivity contribution in [1.82, 2.24) is 14.9 Å². The minimum atomic E-state index is -0.631. The second kappa shape index (κ2) is 8.02. The molecule has 3 aromatic rings. The normalized spacial score (nSPS) is 16.4. The zero-order chi connectivity index (χ0) is 20.2. The first-order valence-electron chi connectivity index (χ1n) is 9.27. The molecule has 4 rings (SSSR count). The number of hydrogen-bond donors (Lipinski definition) is 3. The van der Waals surface area contributed by atoms with E-state index < -0.39 is 11.8 Å². The second-order valence-electron chi connectivity index (χ2n) is 6.86. The summed E-state index contributed by atoms with van der Waals surface area (Å²) >= 11 is 0. The highest BCUT2D eigenvalue weighted by Crippen LogP contribution is 2.20. The van der Waals surface area contributed by atoms with Gasteiger partial charge in [0.1, 0.15) is 11.3 Å². The van der Waals surface area contributed by atoms with Crippen LogP contribution in [-0.4, -0.2) is 32.5 Å². The zero-order valence-electron chi connectivity index (χ0n) is 15.6. The molecule has 0 aliphatic carbocycles. The van der Waals surface area contributed by atoms with E-state index >= 15 is 0 Å². The minimum Gasteiger partial charge on any atom is -0.511 e. The number of aliphatic hydroxyl groups is 1. The molecule has 2 heterocycles. The molecule has 146 valence electrons. The third kappa shape index (κ3) is 4.19. The molecule has 2 aromatic carbocycles. The SMILES string of the molecule is O=C(Nc1ccc(-n2ccnc2)cc1)C1=C(O)CC(Cc2ccccc2)NC1=O. The number of hydrogen-bond acceptors (Lipinski definition) is 4. The standard InChI is InChI=1S/C22H20N4O3/c27-19-13-17(12-15-4-2-1-3-5-15)25-22(29)20(19)21(28)24-16-6-8-18(9-7-16)26-11-10-23-14-26/h1-11,14,17,27H,12-13H2,(H,24,28)(H,25,29). The smallest absolute Gasteiger partial charge is 0.264 e. The summed E-state index contributed by atoms with van der Waals surface area (Å²) in [5.74, 6) is -1.39. The summed E-state index contributed by atoms with van der Waals surface area (Å²) < 4.78 is 1.83. The Morgan fingerprint density at radius 3 is 2.59 bits per heavy atom. The molecule has 1 aliphatic rings. The van der Waals surface area contributed by atoms with Crippen LogP contribution in [-0.2, 0) is 16.0 Å². The minimum absolute atomic E-state index is 0.192. The van der Waals surface area contributed by atoms with Crippen LogP contribution in [0.5, 0.6) is 0 Å². The largest absolute Gasteiger partial charge is 0.511 e. The van der Waals surface area contributed by atoms with Crippen LogP contribution in [0.3, 0.4) is 0 Å². The van der Waals surface area contributed by atoms with Gasteiger partial charge >= 0.3 is 0 Å². The maximum Gasteiger partial charge on any atom is 0.264 e. The van der Waals surface area contributed by atoms with Gasteiger partial charge in [-0.2, -0.15) is 0 Å². The van der Waals surface area contributed by atoms with Gasteiger partial charge in [0.05, 0.1) is 6.33 Å². The summed E-state index contributed by atoms with van der Waals surface area (Å²) in [7, 11) is 0. The number of anilines is 1. The van der Waals surface area contributed by atoms with Gasteiger partial charge in [-0.15, -0.1) is 0 Å². The van der Waals surface area contributed by atoms with E-state index in [4.69, 9.17) is 0 Å². The molecule has 0 saturated heterocycles. The highest BCUT2D eigenvalue weighted by molar-refractivity contribution is 6.23. The van der Waals surface area contributed by atoms with Gasteiger partial charge in [0, 0.05) is 36.2 Å². The molecule has 1 aliphatic heterocycles. The quantitative estimate of drug-likeness (QED) is 0.586. The summed E-state index contributed by atoms with van der Waals surface area (Å²) in [5.41, 5.74) is 2.23. The molecule has 0 radical (unpaired) electrons. The number of carbonyl (C=O) groups excluding carboxylic acids is 2. The average Bonchev–Trinajstić information content (AvgIpc) is 3.23. The van der Waals surface area contributed by atoms with Crippen LogP contribution < -0.4 is 10.6 Å². The molecule has 29 heavy (non-hydrogen) atoms. The molecule has 1 unspecified atom stereocenters. The highest BCUT2D eigenvalue weighted by Gasteiger charge is 2.31. The lowest BCUT2D eigenvalue weighted by Crippen LogP contribution is -2.44. The van der Waals surface area contributed by atoms with Crippen molar-refractivity contribution >= 4 is 17.5 Å². The van der Waals surface area contributed by atoms with Gasteiger partial charge in [-0.1, -0.05) is 30.3 Å². The third-order valence-electron chi connectivity index (χ3n) is 4.77. The fourth-order valence-electron chi connectivity index (χ4n) is 3.35. The van der Waals surface area contributed by atoms with Crippen molar-refractivity contribution in [2.45, 2.75) is 18.9 Å². The van der Waals surface area contributed by atoms with Gasteiger partial charge in [-0.25, -0.2) is 4.98 Å². The van der Waals surface area contributed by atoms with E-state index in [0.717, 1.165) is 11.3 Å². The Morgan fingerprint density at radius 1 is 1.17 bits per heavy atom. The highest BCUT2D eigenvalue weighted by atomic mass is 16.3. The predicted molar refractivity (Wildman–Crippen MR) is 109 cm³/mol. The van der Waals surface area contributed by atoms with Crippen molar-refractivity contribution in [3.05, 3.63) is 90.2 Å². The first-order valence-corrected chi connectivity index (χ1v) is 9.27. The van der Waals surface area contributed by atoms with Gasteiger partial charge in [-0.05, 0) is 36.2 Å². The number of carbonyl (C=O) groups is 2. The molecule has 0 saturated carbocycles. The van der Waals surface area contributed by atoms with Crippen LogP contribution in [0.4, 0.5) is 5.69 Å². The van der Waals surface area contributed by atoms with Crippen LogP contribution in [0.2, 0.25) is 0 Å². The van der Waals surface area contributed by atoms with Crippen molar-refractivity contribution < 1.29 is 14.7 Å². The van der Waals surface area contributed by atoms with E-state index in [1.54, 1.807) is 24.7 Å². The Hall–Kier alpha value is -3.87. The number of benzene rings is 2. The summed E-state index contributed by atoms with van der Waals surface area (Å²) in [5, 5.41) is 15.8. The molecule has 3 N–H and O–H groups in total. The molecule has 1 atom stereocenters. The first-order chi connectivity index (χ1) is 14.1. The number of aliphatic hydroxyl groups excluding tert-OH is 1. The van der Waals surface area contributed by atoms with Crippen LogP contribution in [0, 0.1) is 0 Å². The molecule has 0 spiro atoms. The van der Waals surface area contributed by atoms with Crippen molar-refractivity contribution in [3.8, 4) is 5.69 Å². The summed E-state index contributed by atoms with van der Waals surface area (Å²) in [4.78, 5) is 29.0. The molecule has 1 aromatic heterocycles. The van der Waals surface area contributed by atoms with Crippen LogP contribution in [0.25, 0.3) is 5.69 Å². The fourth-order valence-corrected chi connectivity index (χ4v) is 3.35. The second-order valence-corrected chi connectivity index (χ2v) is 6.86. The van der Waals surface area contributed by atoms with Crippen LogP contribution in [0.1, 0.15) is 12.0 Å². The molecule has 7 nitrogen and oxygen atoms in total. The number of imidazole rings is 1. The van der Waals surface area contributed by atoms with E-state index in [1.807, 2.05) is 53.2 Å². The Balaban J connectivity index is 1.44. The van der Waals surface area contributed by atoms with Gasteiger partial charge in [-0.3, -0.25) is 9.59 Å².